The summed E-state index contributed by atoms with van der Waals surface area (Å²) in [7, 11) is 0.120. The Morgan fingerprint density at radius 3 is 1.67 bits per heavy atom. The van der Waals surface area contributed by atoms with E-state index in [2.05, 4.69) is 31.8 Å². The monoisotopic (exact) mass is 298 g/mol. The quantitative estimate of drug-likeness (QED) is 0.325. The van der Waals surface area contributed by atoms with E-state index in [1.54, 1.807) is 0 Å². The zero-order chi connectivity index (χ0) is 7.11. The molecule has 0 nitrogen and oxygen atoms in total. The molecule has 0 fully saturated rings. The average Bonchev–Trinajstić information content (AvgIpc) is 2.11. The van der Waals surface area contributed by atoms with Crippen molar-refractivity contribution in [2.24, 2.45) is 0 Å². The minimum atomic E-state index is 0. The summed E-state index contributed by atoms with van der Waals surface area (Å²) in [5, 5.41) is 0. The summed E-state index contributed by atoms with van der Waals surface area (Å²) in [6.45, 7) is 6.81. The molecule has 0 saturated heterocycles. The summed E-state index contributed by atoms with van der Waals surface area (Å²) in [6.07, 6.45) is 10.0. The molecule has 0 saturated carbocycles. The van der Waals surface area contributed by atoms with Gasteiger partial charge in [0.1, 0.15) is 0 Å². The standard InChI is InChI=1S/C5H5.C3H9Si.2ClH.Zr/c1-2-4-5-3-1;1-4(2)3;;;/h1-3H,4H2;1-3H3;2*1H;/q-1;;;;+3/p-2. The van der Waals surface area contributed by atoms with Crippen molar-refractivity contribution in [1.82, 2.24) is 0 Å². The van der Waals surface area contributed by atoms with Crippen LogP contribution in [0.25, 0.3) is 0 Å². The Bertz CT molecular complexity index is 101. The van der Waals surface area contributed by atoms with Gasteiger partial charge in [-0.25, -0.2) is 12.2 Å². The molecule has 0 spiro atoms. The van der Waals surface area contributed by atoms with E-state index in [9.17, 15) is 0 Å². The second-order valence-electron chi connectivity index (χ2n) is 2.50. The third kappa shape index (κ3) is 30.4. The molecule has 0 aromatic heterocycles. The number of hydrogen-bond acceptors (Lipinski definition) is 0. The van der Waals surface area contributed by atoms with Crippen molar-refractivity contribution < 1.29 is 51.0 Å². The second kappa shape index (κ2) is 18.0. The van der Waals surface area contributed by atoms with Crippen molar-refractivity contribution in [3.05, 3.63) is 24.3 Å². The molecular weight excluding hydrogens is 286 g/mol. The van der Waals surface area contributed by atoms with Gasteiger partial charge in [0, 0.05) is 8.80 Å². The molecule has 2 radical (unpaired) electrons. The van der Waals surface area contributed by atoms with Gasteiger partial charge in [-0.15, -0.1) is 6.42 Å². The SMILES string of the molecule is C[Si](C)C.[C-]1=CC=CC1.[Cl-].[Cl-].[Zr+3]. The number of hydrogen-bond donors (Lipinski definition) is 0. The molecule has 0 bridgehead atoms. The summed E-state index contributed by atoms with van der Waals surface area (Å²) in [6, 6.07) is 0. The summed E-state index contributed by atoms with van der Waals surface area (Å²) >= 11 is 0. The Morgan fingerprint density at radius 2 is 1.58 bits per heavy atom. The summed E-state index contributed by atoms with van der Waals surface area (Å²) in [5.74, 6) is 0. The molecular formula is C8H14Cl2SiZr. The molecule has 0 unspecified atom stereocenters. The third-order valence-electron chi connectivity index (χ3n) is 0.586. The number of rotatable bonds is 0. The van der Waals surface area contributed by atoms with Gasteiger partial charge in [-0.2, -0.15) is 6.08 Å². The van der Waals surface area contributed by atoms with E-state index in [0.717, 1.165) is 6.42 Å². The summed E-state index contributed by atoms with van der Waals surface area (Å²) in [4.78, 5) is 0. The van der Waals surface area contributed by atoms with E-state index < -0.39 is 0 Å². The maximum Gasteiger partial charge on any atom is 3.00 e. The normalized spacial score (nSPS) is 10.3. The van der Waals surface area contributed by atoms with Crippen molar-refractivity contribution in [2.75, 3.05) is 0 Å². The fourth-order valence-electron chi connectivity index (χ4n) is 0.340. The van der Waals surface area contributed by atoms with Crippen molar-refractivity contribution >= 4 is 8.80 Å². The number of halogens is 2. The molecule has 1 aliphatic carbocycles. The van der Waals surface area contributed by atoms with E-state index in [4.69, 9.17) is 0 Å². The molecule has 68 valence electrons. The Labute approximate surface area is 109 Å². The van der Waals surface area contributed by atoms with Crippen LogP contribution in [0.1, 0.15) is 6.42 Å². The molecule has 1 rings (SSSR count). The molecule has 12 heavy (non-hydrogen) atoms. The first kappa shape index (κ1) is 23.2. The average molecular weight is 300 g/mol. The fraction of sp³-hybridized carbons (Fsp3) is 0.500. The molecule has 0 amide bonds. The predicted octanol–water partition coefficient (Wildman–Crippen LogP) is -3.32. The second-order valence-corrected chi connectivity index (χ2v) is 5.50. The van der Waals surface area contributed by atoms with Crippen molar-refractivity contribution in [1.29, 1.82) is 0 Å². The van der Waals surface area contributed by atoms with E-state index in [0.29, 0.717) is 0 Å². The van der Waals surface area contributed by atoms with Gasteiger partial charge in [-0.3, -0.25) is 6.08 Å². The van der Waals surface area contributed by atoms with Crippen molar-refractivity contribution in [3.8, 4) is 0 Å². The first-order chi connectivity index (χ1) is 4.23. The maximum atomic E-state index is 2.99. The molecule has 0 heterocycles. The molecule has 0 aromatic carbocycles. The topological polar surface area (TPSA) is 0 Å². The maximum absolute atomic E-state index is 2.99. The van der Waals surface area contributed by atoms with Gasteiger partial charge in [0.2, 0.25) is 0 Å². The predicted molar refractivity (Wildman–Crippen MR) is 44.9 cm³/mol. The van der Waals surface area contributed by atoms with Gasteiger partial charge < -0.3 is 24.8 Å². The van der Waals surface area contributed by atoms with E-state index >= 15 is 0 Å². The van der Waals surface area contributed by atoms with Gasteiger partial charge in [0.15, 0.2) is 0 Å². The summed E-state index contributed by atoms with van der Waals surface area (Å²) < 4.78 is 0. The third-order valence-corrected chi connectivity index (χ3v) is 0.586. The van der Waals surface area contributed by atoms with Crippen LogP contribution in [0, 0.1) is 6.08 Å². The minimum Gasteiger partial charge on any atom is -1.00 e. The van der Waals surface area contributed by atoms with Gasteiger partial charge >= 0.3 is 26.2 Å². The van der Waals surface area contributed by atoms with Gasteiger partial charge in [-0.05, 0) is 0 Å². The molecule has 0 N–H and O–H groups in total. The minimum absolute atomic E-state index is 0. The summed E-state index contributed by atoms with van der Waals surface area (Å²) in [5.41, 5.74) is 0. The van der Waals surface area contributed by atoms with Crippen LogP contribution in [0.4, 0.5) is 0 Å². The zero-order valence-corrected chi connectivity index (χ0v) is 12.7. The van der Waals surface area contributed by atoms with Gasteiger partial charge in [0.05, 0.1) is 0 Å². The Balaban J connectivity index is -0.0000000436. The van der Waals surface area contributed by atoms with Crippen molar-refractivity contribution in [2.45, 2.75) is 26.1 Å². The van der Waals surface area contributed by atoms with Crippen LogP contribution in [-0.4, -0.2) is 8.80 Å². The van der Waals surface area contributed by atoms with E-state index in [1.165, 1.54) is 0 Å². The van der Waals surface area contributed by atoms with Crippen LogP contribution in [0.15, 0.2) is 18.2 Å². The van der Waals surface area contributed by atoms with Gasteiger partial charge in [-0.1, -0.05) is 19.6 Å². The van der Waals surface area contributed by atoms with Crippen molar-refractivity contribution in [3.63, 3.8) is 0 Å². The van der Waals surface area contributed by atoms with E-state index in [-0.39, 0.29) is 59.8 Å². The molecule has 0 aromatic rings. The Morgan fingerprint density at radius 1 is 1.17 bits per heavy atom. The first-order valence-corrected chi connectivity index (χ1v) is 6.22. The smallest absolute Gasteiger partial charge is 1.00 e. The van der Waals surface area contributed by atoms with Crippen LogP contribution in [0.3, 0.4) is 0 Å². The fourth-order valence-corrected chi connectivity index (χ4v) is 0.340. The molecule has 4 heteroatoms. The van der Waals surface area contributed by atoms with Crippen LogP contribution in [-0.2, 0) is 26.2 Å². The Hall–Kier alpha value is 1.16. The van der Waals surface area contributed by atoms with Crippen LogP contribution >= 0.6 is 0 Å². The van der Waals surface area contributed by atoms with Crippen LogP contribution in [0.2, 0.25) is 19.6 Å². The molecule has 0 atom stereocenters. The first-order valence-electron chi connectivity index (χ1n) is 3.22. The van der Waals surface area contributed by atoms with Crippen LogP contribution in [0.5, 0.6) is 0 Å². The van der Waals surface area contributed by atoms with E-state index in [1.807, 2.05) is 12.2 Å². The Kier molecular flexibility index (Phi) is 34.9. The van der Waals surface area contributed by atoms with Gasteiger partial charge in [0.25, 0.3) is 0 Å². The molecule has 1 aliphatic rings. The largest absolute Gasteiger partial charge is 3.00 e. The number of allylic oxidation sites excluding steroid dienone is 4. The zero-order valence-electron chi connectivity index (χ0n) is 7.70. The van der Waals surface area contributed by atoms with Crippen LogP contribution < -0.4 is 24.8 Å². The molecule has 0 aliphatic heterocycles.